The summed E-state index contributed by atoms with van der Waals surface area (Å²) < 4.78 is 10.8. The van der Waals surface area contributed by atoms with E-state index < -0.39 is 5.60 Å². The molecule has 22 heavy (non-hydrogen) atoms. The third kappa shape index (κ3) is 4.27. The number of nitrogens with one attached hydrogen (secondary N) is 1. The van der Waals surface area contributed by atoms with Crippen LogP contribution in [0.4, 0.5) is 4.79 Å². The van der Waals surface area contributed by atoms with E-state index in [0.717, 1.165) is 11.3 Å². The summed E-state index contributed by atoms with van der Waals surface area (Å²) in [4.78, 5) is 13.9. The smallest absolute Gasteiger partial charge is 0.410 e. The van der Waals surface area contributed by atoms with E-state index in [1.165, 1.54) is 0 Å². The number of hydrogen-bond acceptors (Lipinski definition) is 4. The van der Waals surface area contributed by atoms with E-state index in [2.05, 4.69) is 5.32 Å². The molecule has 1 heterocycles. The molecule has 1 amide bonds. The number of rotatable bonds is 2. The van der Waals surface area contributed by atoms with Crippen LogP contribution in [-0.4, -0.2) is 43.3 Å². The highest BCUT2D eigenvalue weighted by Gasteiger charge is 2.29. The van der Waals surface area contributed by atoms with Crippen molar-refractivity contribution in [3.05, 3.63) is 28.8 Å². The summed E-state index contributed by atoms with van der Waals surface area (Å²) >= 11 is 6.09. The summed E-state index contributed by atoms with van der Waals surface area (Å²) in [5, 5.41) is 4.04. The van der Waals surface area contributed by atoms with Crippen molar-refractivity contribution in [1.29, 1.82) is 0 Å². The largest absolute Gasteiger partial charge is 0.496 e. The van der Waals surface area contributed by atoms with Crippen molar-refractivity contribution >= 4 is 17.7 Å². The molecule has 1 N–H and O–H groups in total. The van der Waals surface area contributed by atoms with Gasteiger partial charge in [-0.2, -0.15) is 0 Å². The number of amides is 1. The number of benzene rings is 1. The Kier molecular flexibility index (Phi) is 5.19. The van der Waals surface area contributed by atoms with E-state index in [1.807, 2.05) is 32.9 Å². The predicted octanol–water partition coefficient (Wildman–Crippen LogP) is 3.23. The maximum Gasteiger partial charge on any atom is 0.410 e. The Bertz CT molecular complexity index is 543. The normalized spacial score (nSPS) is 19.0. The van der Waals surface area contributed by atoms with Crippen LogP contribution >= 0.6 is 11.6 Å². The van der Waals surface area contributed by atoms with Crippen LogP contribution < -0.4 is 10.1 Å². The molecular weight excluding hydrogens is 304 g/mol. The van der Waals surface area contributed by atoms with Gasteiger partial charge in [-0.3, -0.25) is 0 Å². The quantitative estimate of drug-likeness (QED) is 0.906. The van der Waals surface area contributed by atoms with Crippen molar-refractivity contribution < 1.29 is 14.3 Å². The third-order valence-electron chi connectivity index (χ3n) is 3.39. The Balaban J connectivity index is 2.14. The van der Waals surface area contributed by atoms with Crippen LogP contribution in [0.25, 0.3) is 0 Å². The molecule has 0 radical (unpaired) electrons. The Hall–Kier alpha value is -1.46. The first-order valence-corrected chi connectivity index (χ1v) is 7.72. The highest BCUT2D eigenvalue weighted by Crippen LogP contribution is 2.30. The molecule has 5 nitrogen and oxygen atoms in total. The molecule has 0 saturated carbocycles. The van der Waals surface area contributed by atoms with Gasteiger partial charge in [0.1, 0.15) is 11.4 Å². The maximum atomic E-state index is 12.2. The number of methoxy groups -OCH3 is 1. The van der Waals surface area contributed by atoms with Crippen LogP contribution in [0.5, 0.6) is 5.75 Å². The summed E-state index contributed by atoms with van der Waals surface area (Å²) in [5.74, 6) is 0.757. The van der Waals surface area contributed by atoms with Crippen LogP contribution in [0.3, 0.4) is 0 Å². The molecule has 1 fully saturated rings. The minimum Gasteiger partial charge on any atom is -0.496 e. The molecule has 1 aromatic carbocycles. The minimum atomic E-state index is -0.495. The second-order valence-corrected chi connectivity index (χ2v) is 6.76. The standard InChI is InChI=1S/C16H23ClN2O3/c1-16(2,3)22-15(20)19-8-7-18-13(10-19)12-9-11(17)5-6-14(12)21-4/h5-6,9,13,18H,7-8,10H2,1-4H3. The maximum absolute atomic E-state index is 12.2. The predicted molar refractivity (Wildman–Crippen MR) is 86.6 cm³/mol. The van der Waals surface area contributed by atoms with Gasteiger partial charge in [0.05, 0.1) is 13.2 Å². The number of halogens is 1. The zero-order valence-corrected chi connectivity index (χ0v) is 14.2. The number of piperazine rings is 1. The molecule has 0 bridgehead atoms. The molecule has 1 aliphatic heterocycles. The lowest BCUT2D eigenvalue weighted by molar-refractivity contribution is 0.0194. The van der Waals surface area contributed by atoms with E-state index in [9.17, 15) is 4.79 Å². The number of carbonyl (C=O) groups is 1. The van der Waals surface area contributed by atoms with E-state index >= 15 is 0 Å². The first-order chi connectivity index (χ1) is 10.3. The monoisotopic (exact) mass is 326 g/mol. The average Bonchev–Trinajstić information content (AvgIpc) is 2.45. The van der Waals surface area contributed by atoms with Gasteiger partial charge < -0.3 is 19.7 Å². The van der Waals surface area contributed by atoms with Gasteiger partial charge in [0.2, 0.25) is 0 Å². The van der Waals surface area contributed by atoms with Gasteiger partial charge in [-0.25, -0.2) is 4.79 Å². The molecule has 1 aromatic rings. The number of nitrogens with zero attached hydrogens (tertiary/aromatic N) is 1. The summed E-state index contributed by atoms with van der Waals surface area (Å²) in [5.41, 5.74) is 0.453. The Morgan fingerprint density at radius 2 is 2.14 bits per heavy atom. The van der Waals surface area contributed by atoms with Crippen LogP contribution in [0, 0.1) is 0 Å². The van der Waals surface area contributed by atoms with Gasteiger partial charge in [0, 0.05) is 30.2 Å². The zero-order valence-electron chi connectivity index (χ0n) is 13.5. The fourth-order valence-corrected chi connectivity index (χ4v) is 2.61. The Labute approximate surface area is 136 Å². The molecule has 0 aliphatic carbocycles. The average molecular weight is 327 g/mol. The molecule has 1 saturated heterocycles. The van der Waals surface area contributed by atoms with Crippen molar-refractivity contribution in [2.45, 2.75) is 32.4 Å². The van der Waals surface area contributed by atoms with Crippen molar-refractivity contribution in [3.8, 4) is 5.75 Å². The summed E-state index contributed by atoms with van der Waals surface area (Å²) in [6, 6.07) is 5.47. The molecule has 0 spiro atoms. The van der Waals surface area contributed by atoms with Crippen molar-refractivity contribution in [2.75, 3.05) is 26.7 Å². The van der Waals surface area contributed by atoms with Crippen molar-refractivity contribution in [1.82, 2.24) is 10.2 Å². The molecule has 1 atom stereocenters. The van der Waals surface area contributed by atoms with E-state index in [-0.39, 0.29) is 12.1 Å². The van der Waals surface area contributed by atoms with E-state index in [0.29, 0.717) is 24.7 Å². The second-order valence-electron chi connectivity index (χ2n) is 6.32. The van der Waals surface area contributed by atoms with Gasteiger partial charge in [-0.05, 0) is 39.0 Å². The van der Waals surface area contributed by atoms with Gasteiger partial charge in [0.25, 0.3) is 0 Å². The molecule has 122 valence electrons. The number of ether oxygens (including phenoxy) is 2. The first-order valence-electron chi connectivity index (χ1n) is 7.35. The molecule has 0 aromatic heterocycles. The zero-order chi connectivity index (χ0) is 16.3. The summed E-state index contributed by atoms with van der Waals surface area (Å²) in [6.07, 6.45) is -0.292. The second kappa shape index (κ2) is 6.75. The third-order valence-corrected chi connectivity index (χ3v) is 3.63. The van der Waals surface area contributed by atoms with Crippen LogP contribution in [0.2, 0.25) is 5.02 Å². The molecule has 6 heteroatoms. The van der Waals surface area contributed by atoms with Gasteiger partial charge in [-0.1, -0.05) is 11.6 Å². The van der Waals surface area contributed by atoms with Gasteiger partial charge in [0.15, 0.2) is 0 Å². The fraction of sp³-hybridized carbons (Fsp3) is 0.562. The highest BCUT2D eigenvalue weighted by atomic mass is 35.5. The van der Waals surface area contributed by atoms with Crippen LogP contribution in [0.15, 0.2) is 18.2 Å². The Morgan fingerprint density at radius 1 is 1.41 bits per heavy atom. The lowest BCUT2D eigenvalue weighted by Crippen LogP contribution is -2.49. The van der Waals surface area contributed by atoms with E-state index in [1.54, 1.807) is 18.1 Å². The van der Waals surface area contributed by atoms with Crippen LogP contribution in [-0.2, 0) is 4.74 Å². The van der Waals surface area contributed by atoms with Gasteiger partial charge >= 0.3 is 6.09 Å². The number of hydrogen-bond donors (Lipinski definition) is 1. The van der Waals surface area contributed by atoms with Crippen molar-refractivity contribution in [2.24, 2.45) is 0 Å². The molecule has 1 unspecified atom stereocenters. The summed E-state index contributed by atoms with van der Waals surface area (Å²) in [7, 11) is 1.63. The Morgan fingerprint density at radius 3 is 2.77 bits per heavy atom. The molecular formula is C16H23ClN2O3. The van der Waals surface area contributed by atoms with E-state index in [4.69, 9.17) is 21.1 Å². The summed E-state index contributed by atoms with van der Waals surface area (Å²) in [6.45, 7) is 7.43. The lowest BCUT2D eigenvalue weighted by Gasteiger charge is -2.35. The van der Waals surface area contributed by atoms with Crippen molar-refractivity contribution in [3.63, 3.8) is 0 Å². The van der Waals surface area contributed by atoms with Crippen LogP contribution in [0.1, 0.15) is 32.4 Å². The SMILES string of the molecule is COc1ccc(Cl)cc1C1CN(C(=O)OC(C)(C)C)CCN1. The molecule has 1 aliphatic rings. The molecule has 2 rings (SSSR count). The lowest BCUT2D eigenvalue weighted by atomic mass is 10.0. The number of carbonyl (C=O) groups excluding carboxylic acids is 1. The minimum absolute atomic E-state index is 0.0325. The topological polar surface area (TPSA) is 50.8 Å². The fourth-order valence-electron chi connectivity index (χ4n) is 2.43. The van der Waals surface area contributed by atoms with Gasteiger partial charge in [-0.15, -0.1) is 0 Å². The first kappa shape index (κ1) is 16.9. The highest BCUT2D eigenvalue weighted by molar-refractivity contribution is 6.30.